The van der Waals surface area contributed by atoms with Crippen molar-refractivity contribution in [2.45, 2.75) is 18.9 Å². The lowest BCUT2D eigenvalue weighted by atomic mass is 9.96. The summed E-state index contributed by atoms with van der Waals surface area (Å²) in [6.45, 7) is 1.07. The molecule has 0 radical (unpaired) electrons. The van der Waals surface area contributed by atoms with Crippen LogP contribution in [-0.2, 0) is 17.6 Å². The normalized spacial score (nSPS) is 15.8. The van der Waals surface area contributed by atoms with Crippen molar-refractivity contribution in [1.29, 1.82) is 0 Å². The van der Waals surface area contributed by atoms with Gasteiger partial charge in [-0.05, 0) is 35.7 Å². The number of benzene rings is 3. The van der Waals surface area contributed by atoms with Gasteiger partial charge in [-0.25, -0.2) is 0 Å². The Labute approximate surface area is 182 Å². The van der Waals surface area contributed by atoms with E-state index in [2.05, 4.69) is 16.7 Å². The topological polar surface area (TPSA) is 67.4 Å². The van der Waals surface area contributed by atoms with Gasteiger partial charge in [0, 0.05) is 24.4 Å². The second-order valence-corrected chi connectivity index (χ2v) is 7.82. The minimum absolute atomic E-state index is 0.188. The molecule has 4 rings (SSSR count). The monoisotopic (exact) mass is 414 g/mol. The van der Waals surface area contributed by atoms with E-state index in [1.54, 1.807) is 12.1 Å². The number of ether oxygens (including phenoxy) is 1. The van der Waals surface area contributed by atoms with E-state index in [1.165, 1.54) is 0 Å². The molecular formula is C26H26N2O3. The molecule has 1 aliphatic rings. The molecular weight excluding hydrogens is 388 g/mol. The number of para-hydroxylation sites is 1. The molecule has 2 atom stereocenters. The minimum Gasteiger partial charge on any atom is -0.493 e. The lowest BCUT2D eigenvalue weighted by Gasteiger charge is -2.26. The molecule has 5 nitrogen and oxygen atoms in total. The first-order chi connectivity index (χ1) is 15.2. The van der Waals surface area contributed by atoms with Gasteiger partial charge in [0.1, 0.15) is 11.8 Å². The van der Waals surface area contributed by atoms with Crippen LogP contribution >= 0.6 is 0 Å². The van der Waals surface area contributed by atoms with E-state index < -0.39 is 6.04 Å². The third-order valence-electron chi connectivity index (χ3n) is 5.46. The van der Waals surface area contributed by atoms with E-state index in [4.69, 9.17) is 4.74 Å². The summed E-state index contributed by atoms with van der Waals surface area (Å²) in [5.41, 5.74) is 2.68. The molecule has 0 fully saturated rings. The van der Waals surface area contributed by atoms with Crippen LogP contribution in [-0.4, -0.2) is 31.0 Å². The summed E-state index contributed by atoms with van der Waals surface area (Å²) in [6.07, 6.45) is 1.28. The molecule has 0 saturated carbocycles. The zero-order chi connectivity index (χ0) is 21.5. The Morgan fingerprint density at radius 1 is 0.903 bits per heavy atom. The molecule has 0 bridgehead atoms. The lowest BCUT2D eigenvalue weighted by Crippen LogP contribution is -2.49. The first-order valence-electron chi connectivity index (χ1n) is 10.6. The maximum Gasteiger partial charge on any atom is 0.251 e. The first kappa shape index (κ1) is 20.7. The Hall–Kier alpha value is -3.60. The molecule has 31 heavy (non-hydrogen) atoms. The van der Waals surface area contributed by atoms with Crippen molar-refractivity contribution in [2.24, 2.45) is 5.92 Å². The van der Waals surface area contributed by atoms with E-state index in [1.807, 2.05) is 66.7 Å². The molecule has 3 aromatic carbocycles. The summed E-state index contributed by atoms with van der Waals surface area (Å²) in [5.74, 6) is 0.668. The van der Waals surface area contributed by atoms with Crippen molar-refractivity contribution >= 4 is 11.8 Å². The smallest absolute Gasteiger partial charge is 0.251 e. The van der Waals surface area contributed by atoms with Gasteiger partial charge in [-0.15, -0.1) is 0 Å². The molecule has 3 aromatic rings. The van der Waals surface area contributed by atoms with Gasteiger partial charge < -0.3 is 15.4 Å². The number of hydrogen-bond acceptors (Lipinski definition) is 3. The number of rotatable bonds is 7. The van der Waals surface area contributed by atoms with Crippen LogP contribution in [0.25, 0.3) is 0 Å². The molecule has 2 unspecified atom stereocenters. The minimum atomic E-state index is -0.660. The molecule has 5 heteroatoms. The van der Waals surface area contributed by atoms with Crippen molar-refractivity contribution < 1.29 is 14.3 Å². The Kier molecular flexibility index (Phi) is 6.62. The summed E-state index contributed by atoms with van der Waals surface area (Å²) in [4.78, 5) is 25.7. The SMILES string of the molecule is O=C(NC(Cc1ccccc1)C(=O)NCC1COc2ccccc2C1)c1ccccc1. The third kappa shape index (κ3) is 5.51. The summed E-state index contributed by atoms with van der Waals surface area (Å²) in [5, 5.41) is 5.93. The van der Waals surface area contributed by atoms with Gasteiger partial charge in [-0.3, -0.25) is 9.59 Å². The first-order valence-corrected chi connectivity index (χ1v) is 10.6. The maximum absolute atomic E-state index is 13.0. The van der Waals surface area contributed by atoms with Gasteiger partial charge in [0.25, 0.3) is 5.91 Å². The Bertz CT molecular complexity index is 1020. The second kappa shape index (κ2) is 9.94. The van der Waals surface area contributed by atoms with Crippen LogP contribution in [0.2, 0.25) is 0 Å². The Morgan fingerprint density at radius 2 is 1.58 bits per heavy atom. The van der Waals surface area contributed by atoms with E-state index in [9.17, 15) is 9.59 Å². The zero-order valence-electron chi connectivity index (χ0n) is 17.3. The molecule has 0 aliphatic carbocycles. The van der Waals surface area contributed by atoms with Crippen molar-refractivity contribution in [3.8, 4) is 5.75 Å². The molecule has 1 aliphatic heterocycles. The van der Waals surface area contributed by atoms with Crippen molar-refractivity contribution in [2.75, 3.05) is 13.2 Å². The van der Waals surface area contributed by atoms with Gasteiger partial charge in [-0.1, -0.05) is 66.7 Å². The van der Waals surface area contributed by atoms with Crippen LogP contribution < -0.4 is 15.4 Å². The highest BCUT2D eigenvalue weighted by Crippen LogP contribution is 2.26. The molecule has 0 spiro atoms. The highest BCUT2D eigenvalue weighted by atomic mass is 16.5. The standard InChI is InChI=1S/C26H26N2O3/c29-25(21-11-5-2-6-12-21)28-23(16-19-9-3-1-4-10-19)26(30)27-17-20-15-22-13-7-8-14-24(22)31-18-20/h1-14,20,23H,15-18H2,(H,27,30)(H,28,29). The van der Waals surface area contributed by atoms with Crippen LogP contribution in [0.3, 0.4) is 0 Å². The highest BCUT2D eigenvalue weighted by molar-refractivity contribution is 5.97. The number of amides is 2. The van der Waals surface area contributed by atoms with E-state index in [-0.39, 0.29) is 17.7 Å². The Balaban J connectivity index is 1.40. The van der Waals surface area contributed by atoms with Gasteiger partial charge in [0.05, 0.1) is 6.61 Å². The average molecular weight is 415 g/mol. The van der Waals surface area contributed by atoms with Crippen LogP contribution in [0, 0.1) is 5.92 Å². The summed E-state index contributed by atoms with van der Waals surface area (Å²) >= 11 is 0. The fourth-order valence-corrected chi connectivity index (χ4v) is 3.78. The molecule has 1 heterocycles. The van der Waals surface area contributed by atoms with E-state index in [0.717, 1.165) is 23.3 Å². The van der Waals surface area contributed by atoms with E-state index in [0.29, 0.717) is 25.1 Å². The quantitative estimate of drug-likeness (QED) is 0.623. The molecule has 2 N–H and O–H groups in total. The van der Waals surface area contributed by atoms with Crippen LogP contribution in [0.5, 0.6) is 5.75 Å². The van der Waals surface area contributed by atoms with E-state index >= 15 is 0 Å². The van der Waals surface area contributed by atoms with Gasteiger partial charge in [0.2, 0.25) is 5.91 Å². The molecule has 0 saturated heterocycles. The predicted molar refractivity (Wildman–Crippen MR) is 120 cm³/mol. The van der Waals surface area contributed by atoms with Crippen molar-refractivity contribution in [1.82, 2.24) is 10.6 Å². The molecule has 158 valence electrons. The summed E-state index contributed by atoms with van der Waals surface area (Å²) in [6, 6.07) is 26.0. The second-order valence-electron chi connectivity index (χ2n) is 7.82. The van der Waals surface area contributed by atoms with Crippen molar-refractivity contribution in [3.05, 3.63) is 102 Å². The summed E-state index contributed by atoms with van der Waals surface area (Å²) in [7, 11) is 0. The number of nitrogens with one attached hydrogen (secondary N) is 2. The summed E-state index contributed by atoms with van der Waals surface area (Å²) < 4.78 is 5.83. The maximum atomic E-state index is 13.0. The predicted octanol–water partition coefficient (Wildman–Crippen LogP) is 3.40. The third-order valence-corrected chi connectivity index (χ3v) is 5.46. The number of carbonyl (C=O) groups is 2. The fraction of sp³-hybridized carbons (Fsp3) is 0.231. The number of carbonyl (C=O) groups excluding carboxylic acids is 2. The zero-order valence-corrected chi connectivity index (χ0v) is 17.3. The molecule has 0 aromatic heterocycles. The van der Waals surface area contributed by atoms with Crippen LogP contribution in [0.15, 0.2) is 84.9 Å². The Morgan fingerprint density at radius 3 is 2.35 bits per heavy atom. The molecule has 2 amide bonds. The number of fused-ring (bicyclic) bond motifs is 1. The highest BCUT2D eigenvalue weighted by Gasteiger charge is 2.24. The fourth-order valence-electron chi connectivity index (χ4n) is 3.78. The van der Waals surface area contributed by atoms with Gasteiger partial charge in [-0.2, -0.15) is 0 Å². The average Bonchev–Trinajstić information content (AvgIpc) is 2.83. The number of hydrogen-bond donors (Lipinski definition) is 2. The van der Waals surface area contributed by atoms with Crippen LogP contribution in [0.1, 0.15) is 21.5 Å². The van der Waals surface area contributed by atoms with Crippen LogP contribution in [0.4, 0.5) is 0 Å². The van der Waals surface area contributed by atoms with Crippen molar-refractivity contribution in [3.63, 3.8) is 0 Å². The lowest BCUT2D eigenvalue weighted by molar-refractivity contribution is -0.123. The largest absolute Gasteiger partial charge is 0.493 e. The van der Waals surface area contributed by atoms with Gasteiger partial charge in [0.15, 0.2) is 0 Å². The van der Waals surface area contributed by atoms with Gasteiger partial charge >= 0.3 is 0 Å².